The molecule has 0 aliphatic carbocycles. The molecule has 0 saturated carbocycles. The lowest BCUT2D eigenvalue weighted by Gasteiger charge is -2.00. The zero-order valence-corrected chi connectivity index (χ0v) is 10.1. The maximum Gasteiger partial charge on any atom is 0.248 e. The van der Waals surface area contributed by atoms with Gasteiger partial charge in [-0.25, -0.2) is 5.43 Å². The third-order valence-corrected chi connectivity index (χ3v) is 2.37. The van der Waals surface area contributed by atoms with Crippen LogP contribution in [-0.2, 0) is 11.2 Å². The van der Waals surface area contributed by atoms with E-state index in [2.05, 4.69) is 15.7 Å². The largest absolute Gasteiger partial charge is 0.336 e. The van der Waals surface area contributed by atoms with Crippen molar-refractivity contribution in [2.45, 2.75) is 40.5 Å². The summed E-state index contributed by atoms with van der Waals surface area (Å²) in [6.07, 6.45) is 1.41. The van der Waals surface area contributed by atoms with E-state index in [-0.39, 0.29) is 5.78 Å². The topological polar surface area (TPSA) is 67.5 Å². The molecule has 0 aromatic carbocycles. The van der Waals surface area contributed by atoms with Gasteiger partial charge in [0.25, 0.3) is 0 Å². The maximum atomic E-state index is 11.1. The number of aryl methyl sites for hydroxylation is 1. The number of carbonyl (C=O) groups excluding carboxylic acids is 1. The normalized spacial score (nSPS) is 11.6. The number of carbonyl (C=O) groups is 1. The second-order valence-electron chi connectivity index (χ2n) is 3.51. The molecule has 1 aromatic rings. The summed E-state index contributed by atoms with van der Waals surface area (Å²) in [5.41, 5.74) is 5.09. The molecule has 0 amide bonds. The predicted octanol–water partition coefficient (Wildman–Crippen LogP) is 2.31. The van der Waals surface area contributed by atoms with Crippen molar-refractivity contribution >= 4 is 17.4 Å². The molecule has 5 heteroatoms. The molecule has 0 saturated heterocycles. The maximum absolute atomic E-state index is 11.1. The van der Waals surface area contributed by atoms with Crippen LogP contribution in [0.15, 0.2) is 9.62 Å². The molecule has 1 rings (SSSR count). The molecule has 0 fully saturated rings. The van der Waals surface area contributed by atoms with Crippen LogP contribution in [0.1, 0.15) is 38.4 Å². The van der Waals surface area contributed by atoms with Crippen LogP contribution in [0.25, 0.3) is 0 Å². The van der Waals surface area contributed by atoms with E-state index in [4.69, 9.17) is 4.52 Å². The molecule has 16 heavy (non-hydrogen) atoms. The van der Waals surface area contributed by atoms with Crippen LogP contribution in [0.2, 0.25) is 0 Å². The summed E-state index contributed by atoms with van der Waals surface area (Å²) in [6, 6.07) is 0. The quantitative estimate of drug-likeness (QED) is 0.614. The van der Waals surface area contributed by atoms with Gasteiger partial charge in [0.15, 0.2) is 5.78 Å². The first kappa shape index (κ1) is 12.4. The Labute approximate surface area is 94.9 Å². The number of hydrogen-bond donors (Lipinski definition) is 1. The number of hydrazone groups is 1. The Morgan fingerprint density at radius 2 is 2.19 bits per heavy atom. The lowest BCUT2D eigenvalue weighted by molar-refractivity contribution is -0.111. The van der Waals surface area contributed by atoms with Crippen molar-refractivity contribution in [3.63, 3.8) is 0 Å². The molecule has 1 aromatic heterocycles. The molecule has 0 radical (unpaired) electrons. The smallest absolute Gasteiger partial charge is 0.248 e. The zero-order chi connectivity index (χ0) is 12.1. The van der Waals surface area contributed by atoms with E-state index in [9.17, 15) is 4.79 Å². The van der Waals surface area contributed by atoms with Gasteiger partial charge in [-0.05, 0) is 19.8 Å². The SMILES string of the molecule is CC/C(=N\Nc1onc(C)c1CC)C(C)=O. The van der Waals surface area contributed by atoms with Crippen LogP contribution in [0.3, 0.4) is 0 Å². The number of aromatic nitrogens is 1. The van der Waals surface area contributed by atoms with E-state index in [1.807, 2.05) is 20.8 Å². The van der Waals surface area contributed by atoms with Gasteiger partial charge >= 0.3 is 0 Å². The molecule has 0 aliphatic heterocycles. The van der Waals surface area contributed by atoms with E-state index >= 15 is 0 Å². The van der Waals surface area contributed by atoms with Gasteiger partial charge in [0.2, 0.25) is 5.88 Å². The molecule has 1 N–H and O–H groups in total. The second kappa shape index (κ2) is 5.44. The average molecular weight is 223 g/mol. The van der Waals surface area contributed by atoms with Gasteiger partial charge in [-0.15, -0.1) is 0 Å². The summed E-state index contributed by atoms with van der Waals surface area (Å²) in [6.45, 7) is 7.27. The molecular weight excluding hydrogens is 206 g/mol. The molecule has 0 aliphatic rings. The van der Waals surface area contributed by atoms with E-state index in [0.717, 1.165) is 17.7 Å². The van der Waals surface area contributed by atoms with Crippen LogP contribution in [0.5, 0.6) is 0 Å². The van der Waals surface area contributed by atoms with Crippen molar-refractivity contribution in [1.82, 2.24) is 5.16 Å². The Balaban J connectivity index is 2.84. The molecule has 1 heterocycles. The fourth-order valence-corrected chi connectivity index (χ4v) is 1.42. The van der Waals surface area contributed by atoms with E-state index in [1.165, 1.54) is 6.92 Å². The van der Waals surface area contributed by atoms with Crippen LogP contribution < -0.4 is 5.43 Å². The van der Waals surface area contributed by atoms with E-state index in [0.29, 0.717) is 18.0 Å². The third kappa shape index (κ3) is 2.68. The predicted molar refractivity (Wildman–Crippen MR) is 62.6 cm³/mol. The molecule has 5 nitrogen and oxygen atoms in total. The van der Waals surface area contributed by atoms with Gasteiger partial charge < -0.3 is 4.52 Å². The van der Waals surface area contributed by atoms with Crippen molar-refractivity contribution in [2.75, 3.05) is 5.43 Å². The molecular formula is C11H17N3O2. The Hall–Kier alpha value is -1.65. The molecule has 0 unspecified atom stereocenters. The summed E-state index contributed by atoms with van der Waals surface area (Å²) in [5.74, 6) is 0.483. The van der Waals surface area contributed by atoms with Gasteiger partial charge in [0.1, 0.15) is 5.71 Å². The standard InChI is InChI=1S/C11H17N3O2/c1-5-9-7(3)14-16-11(9)13-12-10(6-2)8(4)15/h13H,5-6H2,1-4H3/b12-10+. The molecule has 0 atom stereocenters. The minimum atomic E-state index is -0.0377. The van der Waals surface area contributed by atoms with Gasteiger partial charge in [0, 0.05) is 12.5 Å². The Kier molecular flexibility index (Phi) is 4.22. The van der Waals surface area contributed by atoms with Crippen molar-refractivity contribution in [1.29, 1.82) is 0 Å². The highest BCUT2D eigenvalue weighted by Gasteiger charge is 2.10. The van der Waals surface area contributed by atoms with Gasteiger partial charge in [-0.2, -0.15) is 5.10 Å². The van der Waals surface area contributed by atoms with Crippen LogP contribution in [0.4, 0.5) is 5.88 Å². The number of hydrogen-bond acceptors (Lipinski definition) is 5. The number of ketones is 1. The van der Waals surface area contributed by atoms with Gasteiger partial charge in [-0.1, -0.05) is 19.0 Å². The summed E-state index contributed by atoms with van der Waals surface area (Å²) in [5, 5.41) is 7.86. The van der Waals surface area contributed by atoms with Gasteiger partial charge in [0.05, 0.1) is 5.69 Å². The first-order chi connectivity index (χ1) is 7.60. The Bertz CT molecular complexity index is 407. The monoisotopic (exact) mass is 223 g/mol. The fourth-order valence-electron chi connectivity index (χ4n) is 1.42. The number of anilines is 1. The zero-order valence-electron chi connectivity index (χ0n) is 10.1. The van der Waals surface area contributed by atoms with Crippen LogP contribution in [0, 0.1) is 6.92 Å². The van der Waals surface area contributed by atoms with Gasteiger partial charge in [-0.3, -0.25) is 4.79 Å². The summed E-state index contributed by atoms with van der Waals surface area (Å²) < 4.78 is 5.08. The lowest BCUT2D eigenvalue weighted by atomic mass is 10.2. The summed E-state index contributed by atoms with van der Waals surface area (Å²) >= 11 is 0. The number of Topliss-reactive ketones (excluding diaryl/α,β-unsaturated/α-hetero) is 1. The Morgan fingerprint density at radius 3 is 2.69 bits per heavy atom. The Morgan fingerprint density at radius 1 is 1.50 bits per heavy atom. The van der Waals surface area contributed by atoms with Crippen LogP contribution >= 0.6 is 0 Å². The summed E-state index contributed by atoms with van der Waals surface area (Å²) in [4.78, 5) is 11.1. The average Bonchev–Trinajstić information content (AvgIpc) is 2.59. The van der Waals surface area contributed by atoms with Crippen molar-refractivity contribution in [3.8, 4) is 0 Å². The van der Waals surface area contributed by atoms with Crippen molar-refractivity contribution < 1.29 is 9.32 Å². The van der Waals surface area contributed by atoms with E-state index in [1.54, 1.807) is 0 Å². The molecule has 88 valence electrons. The highest BCUT2D eigenvalue weighted by atomic mass is 16.5. The van der Waals surface area contributed by atoms with Crippen molar-refractivity contribution in [3.05, 3.63) is 11.3 Å². The number of nitrogens with zero attached hydrogens (tertiary/aromatic N) is 2. The summed E-state index contributed by atoms with van der Waals surface area (Å²) in [7, 11) is 0. The second-order valence-corrected chi connectivity index (χ2v) is 3.51. The minimum Gasteiger partial charge on any atom is -0.336 e. The highest BCUT2D eigenvalue weighted by molar-refractivity contribution is 6.38. The first-order valence-corrected chi connectivity index (χ1v) is 5.38. The first-order valence-electron chi connectivity index (χ1n) is 5.38. The van der Waals surface area contributed by atoms with Crippen LogP contribution in [-0.4, -0.2) is 16.7 Å². The molecule has 0 spiro atoms. The number of nitrogens with one attached hydrogen (secondary N) is 1. The fraction of sp³-hybridized carbons (Fsp3) is 0.545. The lowest BCUT2D eigenvalue weighted by Crippen LogP contribution is -2.10. The van der Waals surface area contributed by atoms with E-state index < -0.39 is 0 Å². The van der Waals surface area contributed by atoms with Crippen molar-refractivity contribution in [2.24, 2.45) is 5.10 Å². The minimum absolute atomic E-state index is 0.0377. The third-order valence-electron chi connectivity index (χ3n) is 2.37. The number of rotatable bonds is 5. The molecule has 0 bridgehead atoms. The highest BCUT2D eigenvalue weighted by Crippen LogP contribution is 2.19.